The summed E-state index contributed by atoms with van der Waals surface area (Å²) in [5.74, 6) is 0.554. The summed E-state index contributed by atoms with van der Waals surface area (Å²) in [5.41, 5.74) is 2.02. The van der Waals surface area contributed by atoms with Crippen LogP contribution in [0.2, 0.25) is 0 Å². The highest BCUT2D eigenvalue weighted by molar-refractivity contribution is 7.93. The Morgan fingerprint density at radius 2 is 1.82 bits per heavy atom. The molecule has 0 fully saturated rings. The van der Waals surface area contributed by atoms with E-state index in [1.807, 2.05) is 6.20 Å². The van der Waals surface area contributed by atoms with E-state index in [4.69, 9.17) is 14.0 Å². The largest absolute Gasteiger partial charge is 0.496 e. The lowest BCUT2D eigenvalue weighted by Crippen LogP contribution is -2.30. The van der Waals surface area contributed by atoms with E-state index in [-0.39, 0.29) is 23.0 Å². The predicted octanol–water partition coefficient (Wildman–Crippen LogP) is 2.04. The Bertz CT molecular complexity index is 1680. The minimum Gasteiger partial charge on any atom is -0.496 e. The highest BCUT2D eigenvalue weighted by Gasteiger charge is 2.24. The van der Waals surface area contributed by atoms with Crippen molar-refractivity contribution in [3.63, 3.8) is 0 Å². The summed E-state index contributed by atoms with van der Waals surface area (Å²) in [4.78, 5) is -0.0405. The maximum Gasteiger partial charge on any atom is 0.266 e. The zero-order chi connectivity index (χ0) is 28.0. The summed E-state index contributed by atoms with van der Waals surface area (Å²) in [6.45, 7) is 4.79. The third-order valence-electron chi connectivity index (χ3n) is 5.59. The van der Waals surface area contributed by atoms with E-state index in [9.17, 15) is 16.8 Å². The van der Waals surface area contributed by atoms with Gasteiger partial charge in [-0.1, -0.05) is 23.9 Å². The average Bonchev–Trinajstić information content (AvgIpc) is 3.54. The standard InChI is InChI=1S/C24H28N6O7S2/c1-4-38(31,32)27-10-9-25-13-18-14-26-30(16-18)15-17-11-20(36-3)23-21(12-17)37-28-24(23)29-39(33,34)22-8-6-5-7-19(22)35-2/h4-8,11-12,14,16,25,27H,1,9-10,13,15H2,2-3H3,(H,28,29). The molecule has 2 aromatic heterocycles. The first-order valence-electron chi connectivity index (χ1n) is 11.6. The summed E-state index contributed by atoms with van der Waals surface area (Å²) in [7, 11) is -4.61. The fraction of sp³-hybridized carbons (Fsp3) is 0.250. The molecule has 0 bridgehead atoms. The van der Waals surface area contributed by atoms with Crippen LogP contribution in [0.3, 0.4) is 0 Å². The molecular formula is C24H28N6O7S2. The van der Waals surface area contributed by atoms with Crippen LogP contribution in [0.25, 0.3) is 11.0 Å². The molecular weight excluding hydrogens is 548 g/mol. The first-order valence-corrected chi connectivity index (χ1v) is 14.6. The number of aromatic nitrogens is 3. The van der Waals surface area contributed by atoms with E-state index >= 15 is 0 Å². The Balaban J connectivity index is 1.46. The molecule has 0 unspecified atom stereocenters. The maximum atomic E-state index is 13.0. The van der Waals surface area contributed by atoms with Gasteiger partial charge in [0, 0.05) is 36.8 Å². The average molecular weight is 577 g/mol. The van der Waals surface area contributed by atoms with Gasteiger partial charge in [-0.15, -0.1) is 0 Å². The number of hydrogen-bond acceptors (Lipinski definition) is 10. The number of rotatable bonds is 14. The minimum atomic E-state index is -4.03. The van der Waals surface area contributed by atoms with Crippen molar-refractivity contribution in [2.24, 2.45) is 0 Å². The maximum absolute atomic E-state index is 13.0. The lowest BCUT2D eigenvalue weighted by atomic mass is 10.1. The molecule has 0 aliphatic heterocycles. The van der Waals surface area contributed by atoms with Gasteiger partial charge in [-0.3, -0.25) is 9.40 Å². The van der Waals surface area contributed by atoms with Gasteiger partial charge in [0.25, 0.3) is 10.0 Å². The number of anilines is 1. The lowest BCUT2D eigenvalue weighted by molar-refractivity contribution is 0.403. The molecule has 0 atom stereocenters. The van der Waals surface area contributed by atoms with Gasteiger partial charge >= 0.3 is 0 Å². The van der Waals surface area contributed by atoms with Gasteiger partial charge in [0.1, 0.15) is 21.8 Å². The van der Waals surface area contributed by atoms with Crippen LogP contribution in [-0.2, 0) is 33.1 Å². The van der Waals surface area contributed by atoms with Crippen molar-refractivity contribution in [2.45, 2.75) is 18.0 Å². The molecule has 39 heavy (non-hydrogen) atoms. The summed E-state index contributed by atoms with van der Waals surface area (Å²) in [5, 5.41) is 12.7. The highest BCUT2D eigenvalue weighted by atomic mass is 32.2. The zero-order valence-corrected chi connectivity index (χ0v) is 22.9. The predicted molar refractivity (Wildman–Crippen MR) is 145 cm³/mol. The first kappa shape index (κ1) is 28.1. The van der Waals surface area contributed by atoms with Crippen LogP contribution in [0, 0.1) is 0 Å². The zero-order valence-electron chi connectivity index (χ0n) is 21.2. The fourth-order valence-electron chi connectivity index (χ4n) is 3.78. The third kappa shape index (κ3) is 6.75. The number of fused-ring (bicyclic) bond motifs is 1. The molecule has 0 saturated heterocycles. The number of benzene rings is 2. The van der Waals surface area contributed by atoms with Crippen molar-refractivity contribution in [2.75, 3.05) is 32.0 Å². The molecule has 0 saturated carbocycles. The smallest absolute Gasteiger partial charge is 0.266 e. The molecule has 0 spiro atoms. The summed E-state index contributed by atoms with van der Waals surface area (Å²) in [6, 6.07) is 9.73. The topological polar surface area (TPSA) is 167 Å². The Morgan fingerprint density at radius 3 is 2.56 bits per heavy atom. The van der Waals surface area contributed by atoms with E-state index in [0.29, 0.717) is 36.4 Å². The third-order valence-corrected chi connectivity index (χ3v) is 8.02. The van der Waals surface area contributed by atoms with Crippen LogP contribution in [0.15, 0.2) is 70.2 Å². The van der Waals surface area contributed by atoms with Gasteiger partial charge in [-0.25, -0.2) is 21.6 Å². The molecule has 208 valence electrons. The van der Waals surface area contributed by atoms with Gasteiger partial charge in [0.05, 0.1) is 27.0 Å². The monoisotopic (exact) mass is 576 g/mol. The Hall–Kier alpha value is -3.92. The Morgan fingerprint density at radius 1 is 1.05 bits per heavy atom. The molecule has 4 rings (SSSR count). The van der Waals surface area contributed by atoms with Crippen molar-refractivity contribution in [1.82, 2.24) is 25.0 Å². The van der Waals surface area contributed by atoms with Crippen molar-refractivity contribution in [3.05, 3.63) is 71.9 Å². The number of methoxy groups -OCH3 is 2. The molecule has 0 aliphatic carbocycles. The van der Waals surface area contributed by atoms with Gasteiger partial charge in [0.2, 0.25) is 10.0 Å². The normalized spacial score (nSPS) is 11.9. The molecule has 0 radical (unpaired) electrons. The Kier molecular flexibility index (Phi) is 8.54. The first-order chi connectivity index (χ1) is 18.7. The fourth-order valence-corrected chi connectivity index (χ4v) is 5.46. The molecule has 13 nitrogen and oxygen atoms in total. The van der Waals surface area contributed by atoms with E-state index in [0.717, 1.165) is 16.5 Å². The molecule has 4 aromatic rings. The molecule has 2 aromatic carbocycles. The highest BCUT2D eigenvalue weighted by Crippen LogP contribution is 2.35. The molecule has 0 aliphatic rings. The Labute approximate surface area is 225 Å². The van der Waals surface area contributed by atoms with Crippen LogP contribution in [0.5, 0.6) is 11.5 Å². The van der Waals surface area contributed by atoms with Crippen LogP contribution in [-0.4, -0.2) is 59.1 Å². The second-order valence-electron chi connectivity index (χ2n) is 8.29. The number of hydrogen-bond donors (Lipinski definition) is 3. The van der Waals surface area contributed by atoms with Crippen LogP contribution in [0.1, 0.15) is 11.1 Å². The van der Waals surface area contributed by atoms with Gasteiger partial charge in [-0.2, -0.15) is 5.10 Å². The summed E-state index contributed by atoms with van der Waals surface area (Å²) < 4.78 is 71.5. The van der Waals surface area contributed by atoms with Crippen molar-refractivity contribution < 1.29 is 30.8 Å². The van der Waals surface area contributed by atoms with Crippen LogP contribution in [0.4, 0.5) is 5.82 Å². The SMILES string of the molecule is C=CS(=O)(=O)NCCNCc1cnn(Cc2cc(OC)c3c(NS(=O)(=O)c4ccccc4OC)noc3c2)c1. The quantitative estimate of drug-likeness (QED) is 0.189. The lowest BCUT2D eigenvalue weighted by Gasteiger charge is -2.11. The van der Waals surface area contributed by atoms with Crippen LogP contribution < -0.4 is 24.2 Å². The van der Waals surface area contributed by atoms with E-state index in [1.54, 1.807) is 41.2 Å². The molecule has 15 heteroatoms. The summed E-state index contributed by atoms with van der Waals surface area (Å²) >= 11 is 0. The second-order valence-corrected chi connectivity index (χ2v) is 11.7. The number of sulfonamides is 2. The number of nitrogens with zero attached hydrogens (tertiary/aromatic N) is 3. The van der Waals surface area contributed by atoms with E-state index in [2.05, 4.69) is 31.6 Å². The van der Waals surface area contributed by atoms with Crippen molar-refractivity contribution >= 4 is 36.8 Å². The summed E-state index contributed by atoms with van der Waals surface area (Å²) in [6.07, 6.45) is 3.56. The van der Waals surface area contributed by atoms with Gasteiger partial charge in [0.15, 0.2) is 11.4 Å². The van der Waals surface area contributed by atoms with Crippen molar-refractivity contribution in [3.8, 4) is 11.5 Å². The molecule has 2 heterocycles. The second kappa shape index (κ2) is 11.9. The van der Waals surface area contributed by atoms with E-state index in [1.165, 1.54) is 20.3 Å². The van der Waals surface area contributed by atoms with Gasteiger partial charge < -0.3 is 19.3 Å². The molecule has 0 amide bonds. The number of nitrogens with one attached hydrogen (secondary N) is 3. The molecule has 3 N–H and O–H groups in total. The number of para-hydroxylation sites is 1. The van der Waals surface area contributed by atoms with Gasteiger partial charge in [-0.05, 0) is 29.8 Å². The minimum absolute atomic E-state index is 0.0119. The van der Waals surface area contributed by atoms with Crippen LogP contribution >= 0.6 is 0 Å². The van der Waals surface area contributed by atoms with Crippen molar-refractivity contribution in [1.29, 1.82) is 0 Å². The van der Waals surface area contributed by atoms with E-state index < -0.39 is 20.0 Å². The number of ether oxygens (including phenoxy) is 2.